The van der Waals surface area contributed by atoms with Crippen molar-refractivity contribution in [3.8, 4) is 23.1 Å². The van der Waals surface area contributed by atoms with Crippen LogP contribution in [0.2, 0.25) is 0 Å². The number of H-pyrrole nitrogens is 1. The number of amides is 1. The molecule has 2 aromatic carbocycles. The second kappa shape index (κ2) is 9.65. The number of hydrogen-bond donors (Lipinski definition) is 2. The Morgan fingerprint density at radius 1 is 1.14 bits per heavy atom. The highest BCUT2D eigenvalue weighted by Gasteiger charge is 2.23. The number of anilines is 1. The number of carbonyl (C=O) groups excluding carboxylic acids is 2. The summed E-state index contributed by atoms with van der Waals surface area (Å²) in [7, 11) is 0. The molecule has 1 amide bonds. The van der Waals surface area contributed by atoms with Crippen LogP contribution in [0.4, 0.5) is 10.2 Å². The maximum Gasteiger partial charge on any atom is 0.359 e. The van der Waals surface area contributed by atoms with E-state index in [-0.39, 0.29) is 17.1 Å². The molecule has 0 bridgehead atoms. The summed E-state index contributed by atoms with van der Waals surface area (Å²) in [4.78, 5) is 32.6. The Bertz CT molecular complexity index is 1460. The number of rotatable bonds is 6. The van der Waals surface area contributed by atoms with Crippen molar-refractivity contribution >= 4 is 17.7 Å². The minimum absolute atomic E-state index is 0.0733. The standard InChI is InChI=1S/C26H22FN5O3/c1-15-17(3)32(20-11-7-10-19(27)12-20)25(21(15)13-28)30-22(33)14-35-26(34)23-16(2)29-24(31-23)18-8-5-4-6-9-18/h4-12H,14H2,1-3H3,(H,29,31)(H,30,33). The van der Waals surface area contributed by atoms with Crippen molar-refractivity contribution in [3.63, 3.8) is 0 Å². The second-order valence-electron chi connectivity index (χ2n) is 7.91. The van der Waals surface area contributed by atoms with Gasteiger partial charge in [-0.25, -0.2) is 14.2 Å². The third-order valence-corrected chi connectivity index (χ3v) is 5.61. The largest absolute Gasteiger partial charge is 0.451 e. The van der Waals surface area contributed by atoms with E-state index in [1.54, 1.807) is 31.4 Å². The first kappa shape index (κ1) is 23.4. The van der Waals surface area contributed by atoms with Gasteiger partial charge in [-0.15, -0.1) is 0 Å². The van der Waals surface area contributed by atoms with Crippen LogP contribution in [0.15, 0.2) is 54.6 Å². The molecule has 0 aliphatic heterocycles. The highest BCUT2D eigenvalue weighted by atomic mass is 19.1. The van der Waals surface area contributed by atoms with Gasteiger partial charge in [-0.1, -0.05) is 36.4 Å². The van der Waals surface area contributed by atoms with Gasteiger partial charge in [0.15, 0.2) is 12.3 Å². The molecule has 4 rings (SSSR count). The van der Waals surface area contributed by atoms with Crippen molar-refractivity contribution in [1.29, 1.82) is 5.26 Å². The number of nitrogens with one attached hydrogen (secondary N) is 2. The zero-order valence-corrected chi connectivity index (χ0v) is 19.3. The van der Waals surface area contributed by atoms with E-state index in [0.29, 0.717) is 28.5 Å². The number of aromatic nitrogens is 3. The van der Waals surface area contributed by atoms with Gasteiger partial charge in [0.1, 0.15) is 23.5 Å². The number of aryl methyl sites for hydroxylation is 1. The van der Waals surface area contributed by atoms with Crippen molar-refractivity contribution in [2.45, 2.75) is 20.8 Å². The van der Waals surface area contributed by atoms with Crippen LogP contribution in [-0.4, -0.2) is 33.0 Å². The molecule has 0 spiro atoms. The first-order valence-electron chi connectivity index (χ1n) is 10.8. The number of nitrogens with zero attached hydrogens (tertiary/aromatic N) is 3. The lowest BCUT2D eigenvalue weighted by atomic mass is 10.2. The molecule has 35 heavy (non-hydrogen) atoms. The zero-order chi connectivity index (χ0) is 25.1. The average Bonchev–Trinajstić information content (AvgIpc) is 3.35. The topological polar surface area (TPSA) is 113 Å². The normalized spacial score (nSPS) is 10.6. The number of halogens is 1. The monoisotopic (exact) mass is 471 g/mol. The SMILES string of the molecule is Cc1[nH]c(-c2ccccc2)nc1C(=O)OCC(=O)Nc1c(C#N)c(C)c(C)n1-c1cccc(F)c1. The van der Waals surface area contributed by atoms with Crippen molar-refractivity contribution in [2.24, 2.45) is 0 Å². The highest BCUT2D eigenvalue weighted by molar-refractivity contribution is 5.96. The fourth-order valence-corrected chi connectivity index (χ4v) is 3.76. The Kier molecular flexibility index (Phi) is 6.46. The molecule has 0 fully saturated rings. The van der Waals surface area contributed by atoms with Crippen LogP contribution < -0.4 is 5.32 Å². The maximum atomic E-state index is 13.8. The lowest BCUT2D eigenvalue weighted by Gasteiger charge is -2.13. The molecule has 0 unspecified atom stereocenters. The summed E-state index contributed by atoms with van der Waals surface area (Å²) in [5.74, 6) is -1.18. The van der Waals surface area contributed by atoms with E-state index >= 15 is 0 Å². The van der Waals surface area contributed by atoms with Crippen LogP contribution in [0.1, 0.15) is 33.0 Å². The van der Waals surface area contributed by atoms with Gasteiger partial charge in [-0.05, 0) is 44.5 Å². The van der Waals surface area contributed by atoms with Gasteiger partial charge in [-0.3, -0.25) is 9.36 Å². The molecule has 2 heterocycles. The molecule has 9 heteroatoms. The number of benzene rings is 2. The van der Waals surface area contributed by atoms with Gasteiger partial charge in [0.05, 0.1) is 11.3 Å². The Morgan fingerprint density at radius 2 is 1.89 bits per heavy atom. The van der Waals surface area contributed by atoms with Gasteiger partial charge < -0.3 is 15.0 Å². The van der Waals surface area contributed by atoms with Crippen molar-refractivity contribution in [1.82, 2.24) is 14.5 Å². The van der Waals surface area contributed by atoms with Gasteiger partial charge >= 0.3 is 5.97 Å². The molecule has 2 aromatic heterocycles. The second-order valence-corrected chi connectivity index (χ2v) is 7.91. The first-order valence-corrected chi connectivity index (χ1v) is 10.8. The van der Waals surface area contributed by atoms with E-state index < -0.39 is 24.3 Å². The maximum absolute atomic E-state index is 13.8. The number of carbonyl (C=O) groups is 2. The van der Waals surface area contributed by atoms with Crippen LogP contribution >= 0.6 is 0 Å². The molecule has 4 aromatic rings. The third kappa shape index (κ3) is 4.68. The summed E-state index contributed by atoms with van der Waals surface area (Å²) >= 11 is 0. The molecule has 0 radical (unpaired) electrons. The smallest absolute Gasteiger partial charge is 0.359 e. The number of imidazole rings is 1. The summed E-state index contributed by atoms with van der Waals surface area (Å²) in [6.45, 7) is 4.60. The summed E-state index contributed by atoms with van der Waals surface area (Å²) in [6.07, 6.45) is 0. The van der Waals surface area contributed by atoms with Gasteiger partial charge in [0.25, 0.3) is 5.91 Å². The van der Waals surface area contributed by atoms with E-state index in [1.165, 1.54) is 18.2 Å². The molecule has 0 aliphatic carbocycles. The fraction of sp³-hybridized carbons (Fsp3) is 0.154. The number of hydrogen-bond acceptors (Lipinski definition) is 5. The predicted octanol–water partition coefficient (Wildman–Crippen LogP) is 4.60. The van der Waals surface area contributed by atoms with E-state index in [0.717, 1.165) is 5.56 Å². The van der Waals surface area contributed by atoms with Crippen LogP contribution in [0.5, 0.6) is 0 Å². The van der Waals surface area contributed by atoms with Crippen molar-refractivity contribution in [2.75, 3.05) is 11.9 Å². The third-order valence-electron chi connectivity index (χ3n) is 5.61. The summed E-state index contributed by atoms with van der Waals surface area (Å²) < 4.78 is 20.6. The number of aromatic amines is 1. The molecule has 2 N–H and O–H groups in total. The molecule has 0 saturated heterocycles. The van der Waals surface area contributed by atoms with E-state index in [1.807, 2.05) is 30.3 Å². The van der Waals surface area contributed by atoms with E-state index in [9.17, 15) is 19.2 Å². The Labute approximate surface area is 201 Å². The Hall–Kier alpha value is -4.71. The van der Waals surface area contributed by atoms with Gasteiger partial charge in [0.2, 0.25) is 0 Å². The van der Waals surface area contributed by atoms with Gasteiger partial charge in [0, 0.05) is 17.0 Å². The molecule has 176 valence electrons. The van der Waals surface area contributed by atoms with Crippen LogP contribution in [0, 0.1) is 37.9 Å². The minimum atomic E-state index is -0.760. The molecule has 8 nitrogen and oxygen atoms in total. The molecular weight excluding hydrogens is 449 g/mol. The fourth-order valence-electron chi connectivity index (χ4n) is 3.76. The molecule has 0 saturated carbocycles. The quantitative estimate of drug-likeness (QED) is 0.399. The number of esters is 1. The van der Waals surface area contributed by atoms with Crippen LogP contribution in [-0.2, 0) is 9.53 Å². The zero-order valence-electron chi connectivity index (χ0n) is 19.3. The summed E-state index contributed by atoms with van der Waals surface area (Å²) in [5, 5.41) is 12.3. The lowest BCUT2D eigenvalue weighted by molar-refractivity contribution is -0.119. The Morgan fingerprint density at radius 3 is 2.57 bits per heavy atom. The van der Waals surface area contributed by atoms with Crippen molar-refractivity contribution in [3.05, 3.63) is 88.6 Å². The number of nitriles is 1. The predicted molar refractivity (Wildman–Crippen MR) is 128 cm³/mol. The molecule has 0 atom stereocenters. The van der Waals surface area contributed by atoms with Gasteiger partial charge in [-0.2, -0.15) is 5.26 Å². The minimum Gasteiger partial charge on any atom is -0.451 e. The Balaban J connectivity index is 1.52. The highest BCUT2D eigenvalue weighted by Crippen LogP contribution is 2.30. The van der Waals surface area contributed by atoms with E-state index in [4.69, 9.17) is 4.74 Å². The molecule has 0 aliphatic rings. The van der Waals surface area contributed by atoms with Crippen molar-refractivity contribution < 1.29 is 18.7 Å². The number of ether oxygens (including phenoxy) is 1. The van der Waals surface area contributed by atoms with Crippen LogP contribution in [0.25, 0.3) is 17.1 Å². The average molecular weight is 471 g/mol. The first-order chi connectivity index (χ1) is 16.8. The summed E-state index contributed by atoms with van der Waals surface area (Å²) in [6, 6.07) is 17.2. The van der Waals surface area contributed by atoms with Crippen LogP contribution in [0.3, 0.4) is 0 Å². The summed E-state index contributed by atoms with van der Waals surface area (Å²) in [5.41, 5.74) is 3.38. The molecular formula is C26H22FN5O3. The van der Waals surface area contributed by atoms with E-state index in [2.05, 4.69) is 21.4 Å². The lowest BCUT2D eigenvalue weighted by Crippen LogP contribution is -2.23.